The molecule has 0 aromatic heterocycles. The monoisotopic (exact) mass is 198 g/mol. The Kier molecular flexibility index (Phi) is 1.54. The molecule has 0 radical (unpaired) electrons. The summed E-state index contributed by atoms with van der Waals surface area (Å²) in [6.45, 7) is 0. The van der Waals surface area contributed by atoms with Crippen molar-refractivity contribution < 1.29 is 9.90 Å². The largest absolute Gasteiger partial charge is 0.377 e. The fraction of sp³-hybridized carbons (Fsp3) is 0.154. The molecule has 0 amide bonds. The van der Waals surface area contributed by atoms with Crippen LogP contribution in [0.25, 0.3) is 10.8 Å². The normalized spacial score (nSPS) is 23.3. The summed E-state index contributed by atoms with van der Waals surface area (Å²) in [5.41, 5.74) is 0.478. The summed E-state index contributed by atoms with van der Waals surface area (Å²) in [4.78, 5) is 11.0. The summed E-state index contributed by atoms with van der Waals surface area (Å²) in [5, 5.41) is 12.3. The molecule has 1 aliphatic rings. The first-order valence-electron chi connectivity index (χ1n) is 4.94. The lowest BCUT2D eigenvalue weighted by atomic mass is 9.97. The van der Waals surface area contributed by atoms with Crippen LogP contribution in [0.4, 0.5) is 0 Å². The maximum absolute atomic E-state index is 11.0. The summed E-state index contributed by atoms with van der Waals surface area (Å²) in [6.07, 6.45) is 1.04. The minimum atomic E-state index is -1.32. The van der Waals surface area contributed by atoms with Crippen molar-refractivity contribution >= 4 is 17.1 Å². The molecule has 3 rings (SSSR count). The predicted octanol–water partition coefficient (Wildman–Crippen LogP) is 1.78. The average Bonchev–Trinajstić information content (AvgIpc) is 2.56. The molecule has 0 spiro atoms. The van der Waals surface area contributed by atoms with E-state index in [1.807, 2.05) is 36.4 Å². The zero-order valence-corrected chi connectivity index (χ0v) is 8.10. The van der Waals surface area contributed by atoms with E-state index in [0.29, 0.717) is 12.7 Å². The van der Waals surface area contributed by atoms with Crippen LogP contribution in [0, 0.1) is 0 Å². The van der Waals surface area contributed by atoms with Crippen molar-refractivity contribution in [2.75, 3.05) is 0 Å². The first-order valence-corrected chi connectivity index (χ1v) is 4.94. The number of hydrogen-bond donors (Lipinski definition) is 1. The van der Waals surface area contributed by atoms with E-state index < -0.39 is 5.60 Å². The molecule has 1 atom stereocenters. The van der Waals surface area contributed by atoms with E-state index >= 15 is 0 Å². The Hall–Kier alpha value is -1.67. The minimum absolute atomic E-state index is 0.396. The number of benzene rings is 2. The van der Waals surface area contributed by atoms with Gasteiger partial charge in [-0.15, -0.1) is 0 Å². The molecule has 2 nitrogen and oxygen atoms in total. The number of carbonyl (C=O) groups is 1. The van der Waals surface area contributed by atoms with Crippen LogP contribution in [0.1, 0.15) is 11.1 Å². The first-order chi connectivity index (χ1) is 7.24. The SMILES string of the molecule is O=CC1(O)Cc2cccc3cccc1c23. The van der Waals surface area contributed by atoms with Crippen molar-refractivity contribution in [2.45, 2.75) is 12.0 Å². The van der Waals surface area contributed by atoms with E-state index in [9.17, 15) is 9.90 Å². The topological polar surface area (TPSA) is 37.3 Å². The quantitative estimate of drug-likeness (QED) is 0.709. The van der Waals surface area contributed by atoms with Crippen LogP contribution in [0.5, 0.6) is 0 Å². The standard InChI is InChI=1S/C13H10O2/c14-8-13(15)7-10-5-1-3-9-4-2-6-11(13)12(9)10/h1-6,8,15H,7H2. The molecular weight excluding hydrogens is 188 g/mol. The van der Waals surface area contributed by atoms with Crippen molar-refractivity contribution in [1.82, 2.24) is 0 Å². The molecular formula is C13H10O2. The molecule has 0 aliphatic heterocycles. The van der Waals surface area contributed by atoms with Gasteiger partial charge in [0, 0.05) is 6.42 Å². The van der Waals surface area contributed by atoms with Crippen molar-refractivity contribution in [3.63, 3.8) is 0 Å². The molecule has 0 bridgehead atoms. The third-order valence-electron chi connectivity index (χ3n) is 3.11. The van der Waals surface area contributed by atoms with Crippen LogP contribution in [0.3, 0.4) is 0 Å². The van der Waals surface area contributed by atoms with E-state index in [0.717, 1.165) is 21.9 Å². The predicted molar refractivity (Wildman–Crippen MR) is 57.6 cm³/mol. The molecule has 2 aromatic carbocycles. The molecule has 2 aromatic rings. The van der Waals surface area contributed by atoms with Gasteiger partial charge in [0.1, 0.15) is 5.60 Å². The Morgan fingerprint density at radius 1 is 1.20 bits per heavy atom. The Morgan fingerprint density at radius 2 is 1.93 bits per heavy atom. The van der Waals surface area contributed by atoms with E-state index in [-0.39, 0.29) is 0 Å². The van der Waals surface area contributed by atoms with Gasteiger partial charge in [0.15, 0.2) is 6.29 Å². The number of aldehydes is 1. The van der Waals surface area contributed by atoms with Crippen molar-refractivity contribution in [3.8, 4) is 0 Å². The Morgan fingerprint density at radius 3 is 2.67 bits per heavy atom. The summed E-state index contributed by atoms with van der Waals surface area (Å²) in [6, 6.07) is 11.6. The smallest absolute Gasteiger partial charge is 0.156 e. The van der Waals surface area contributed by atoms with Gasteiger partial charge in [-0.05, 0) is 21.9 Å². The molecule has 0 saturated carbocycles. The Balaban J connectivity index is 2.46. The van der Waals surface area contributed by atoms with Crippen LogP contribution in [-0.4, -0.2) is 11.4 Å². The maximum Gasteiger partial charge on any atom is 0.156 e. The highest BCUT2D eigenvalue weighted by Gasteiger charge is 2.37. The highest BCUT2D eigenvalue weighted by Crippen LogP contribution is 2.39. The first kappa shape index (κ1) is 8.62. The minimum Gasteiger partial charge on any atom is -0.377 e. The lowest BCUT2D eigenvalue weighted by Gasteiger charge is -2.15. The van der Waals surface area contributed by atoms with Gasteiger partial charge in [0.2, 0.25) is 0 Å². The molecule has 0 heterocycles. The Bertz CT molecular complexity index is 554. The fourth-order valence-electron chi connectivity index (χ4n) is 2.42. The van der Waals surface area contributed by atoms with Crippen LogP contribution in [-0.2, 0) is 16.8 Å². The second kappa shape index (κ2) is 2.67. The van der Waals surface area contributed by atoms with E-state index in [4.69, 9.17) is 0 Å². The van der Waals surface area contributed by atoms with Crippen LogP contribution >= 0.6 is 0 Å². The van der Waals surface area contributed by atoms with Gasteiger partial charge in [0.25, 0.3) is 0 Å². The third-order valence-corrected chi connectivity index (χ3v) is 3.11. The average molecular weight is 198 g/mol. The second-order valence-corrected chi connectivity index (χ2v) is 4.04. The molecule has 0 fully saturated rings. The molecule has 2 heteroatoms. The van der Waals surface area contributed by atoms with E-state index in [1.165, 1.54) is 0 Å². The fourth-order valence-corrected chi connectivity index (χ4v) is 2.42. The molecule has 15 heavy (non-hydrogen) atoms. The number of rotatable bonds is 1. The molecule has 1 unspecified atom stereocenters. The van der Waals surface area contributed by atoms with Gasteiger partial charge >= 0.3 is 0 Å². The van der Waals surface area contributed by atoms with E-state index in [2.05, 4.69) is 0 Å². The van der Waals surface area contributed by atoms with Crippen LogP contribution < -0.4 is 0 Å². The van der Waals surface area contributed by atoms with Gasteiger partial charge in [-0.25, -0.2) is 0 Å². The van der Waals surface area contributed by atoms with E-state index in [1.54, 1.807) is 0 Å². The summed E-state index contributed by atoms with van der Waals surface area (Å²) >= 11 is 0. The number of aliphatic hydroxyl groups is 1. The van der Waals surface area contributed by atoms with Crippen molar-refractivity contribution in [1.29, 1.82) is 0 Å². The lowest BCUT2D eigenvalue weighted by Crippen LogP contribution is -2.26. The molecule has 74 valence electrons. The number of carbonyl (C=O) groups excluding carboxylic acids is 1. The Labute approximate surface area is 87.2 Å². The van der Waals surface area contributed by atoms with Crippen LogP contribution in [0.2, 0.25) is 0 Å². The second-order valence-electron chi connectivity index (χ2n) is 4.04. The third kappa shape index (κ3) is 0.997. The highest BCUT2D eigenvalue weighted by molar-refractivity contribution is 5.95. The molecule has 1 aliphatic carbocycles. The highest BCUT2D eigenvalue weighted by atomic mass is 16.3. The summed E-state index contributed by atoms with van der Waals surface area (Å²) in [7, 11) is 0. The maximum atomic E-state index is 11.0. The molecule has 1 N–H and O–H groups in total. The van der Waals surface area contributed by atoms with Gasteiger partial charge in [-0.2, -0.15) is 0 Å². The van der Waals surface area contributed by atoms with Gasteiger partial charge in [0.05, 0.1) is 0 Å². The van der Waals surface area contributed by atoms with Gasteiger partial charge in [-0.1, -0.05) is 36.4 Å². The van der Waals surface area contributed by atoms with Crippen molar-refractivity contribution in [3.05, 3.63) is 47.5 Å². The lowest BCUT2D eigenvalue weighted by molar-refractivity contribution is -0.124. The molecule has 0 saturated heterocycles. The number of hydrogen-bond acceptors (Lipinski definition) is 2. The van der Waals surface area contributed by atoms with Gasteiger partial charge < -0.3 is 5.11 Å². The van der Waals surface area contributed by atoms with Crippen LogP contribution in [0.15, 0.2) is 36.4 Å². The summed E-state index contributed by atoms with van der Waals surface area (Å²) < 4.78 is 0. The van der Waals surface area contributed by atoms with Gasteiger partial charge in [-0.3, -0.25) is 4.79 Å². The zero-order chi connectivity index (χ0) is 10.5. The zero-order valence-electron chi connectivity index (χ0n) is 8.10. The summed E-state index contributed by atoms with van der Waals surface area (Å²) in [5.74, 6) is 0. The van der Waals surface area contributed by atoms with Crippen molar-refractivity contribution in [2.24, 2.45) is 0 Å².